The van der Waals surface area contributed by atoms with Gasteiger partial charge < -0.3 is 24.6 Å². The van der Waals surface area contributed by atoms with Gasteiger partial charge in [0.25, 0.3) is 0 Å². The molecule has 1 aliphatic rings. The molecule has 5 rings (SSSR count). The average Bonchev–Trinajstić information content (AvgIpc) is 3.21. The van der Waals surface area contributed by atoms with E-state index in [0.717, 1.165) is 52.4 Å². The van der Waals surface area contributed by atoms with Crippen LogP contribution < -0.4 is 14.8 Å². The van der Waals surface area contributed by atoms with Gasteiger partial charge in [0.1, 0.15) is 28.5 Å². The van der Waals surface area contributed by atoms with Crippen molar-refractivity contribution >= 4 is 39.0 Å². The van der Waals surface area contributed by atoms with E-state index >= 15 is 0 Å². The van der Waals surface area contributed by atoms with E-state index in [9.17, 15) is 4.79 Å². The van der Waals surface area contributed by atoms with Crippen molar-refractivity contribution < 1.29 is 14.3 Å². The summed E-state index contributed by atoms with van der Waals surface area (Å²) in [6.45, 7) is 8.12. The highest BCUT2D eigenvalue weighted by Crippen LogP contribution is 2.37. The van der Waals surface area contributed by atoms with Crippen molar-refractivity contribution in [3.05, 3.63) is 71.0 Å². The Hall–Kier alpha value is -4.02. The number of hydrogen-bond donors (Lipinski definition) is 1. The van der Waals surface area contributed by atoms with Crippen LogP contribution in [0.1, 0.15) is 29.9 Å². The normalized spacial score (nSPS) is 13.0. The van der Waals surface area contributed by atoms with Crippen molar-refractivity contribution in [2.24, 2.45) is 0 Å². The molecule has 41 heavy (non-hydrogen) atoms. The molecule has 0 aliphatic carbocycles. The largest absolute Gasteiger partial charge is 0.481 e. The number of anilines is 2. The van der Waals surface area contributed by atoms with Gasteiger partial charge in [0.05, 0.1) is 18.7 Å². The number of hydrogen-bond acceptors (Lipinski definition) is 9. The minimum absolute atomic E-state index is 0.0640. The van der Waals surface area contributed by atoms with E-state index in [1.165, 1.54) is 10.4 Å². The van der Waals surface area contributed by atoms with Gasteiger partial charge in [0, 0.05) is 42.3 Å². The molecule has 0 bridgehead atoms. The van der Waals surface area contributed by atoms with E-state index in [1.54, 1.807) is 43.1 Å². The number of amides is 1. The zero-order valence-electron chi connectivity index (χ0n) is 24.6. The summed E-state index contributed by atoms with van der Waals surface area (Å²) >= 11 is 1.69. The molecule has 3 aromatic heterocycles. The van der Waals surface area contributed by atoms with Crippen molar-refractivity contribution in [2.45, 2.75) is 33.6 Å². The maximum absolute atomic E-state index is 12.7. The van der Waals surface area contributed by atoms with E-state index in [-0.39, 0.29) is 5.91 Å². The maximum atomic E-state index is 12.7. The summed E-state index contributed by atoms with van der Waals surface area (Å²) in [6.07, 6.45) is 8.43. The van der Waals surface area contributed by atoms with Crippen molar-refractivity contribution in [3.8, 4) is 17.4 Å². The second-order valence-corrected chi connectivity index (χ2v) is 10.7. The molecule has 1 amide bonds. The summed E-state index contributed by atoms with van der Waals surface area (Å²) in [5, 5.41) is 4.54. The number of ether oxygens (including phenoxy) is 2. The number of aryl methyl sites for hydroxylation is 1. The second-order valence-electron chi connectivity index (χ2n) is 9.64. The van der Waals surface area contributed by atoms with E-state index < -0.39 is 0 Å². The monoisotopic (exact) mass is 574 g/mol. The third-order valence-corrected chi connectivity index (χ3v) is 7.74. The van der Waals surface area contributed by atoms with E-state index in [4.69, 9.17) is 9.47 Å². The Labute approximate surface area is 245 Å². The van der Waals surface area contributed by atoms with Crippen LogP contribution in [0.3, 0.4) is 0 Å². The highest BCUT2D eigenvalue weighted by Gasteiger charge is 2.23. The van der Waals surface area contributed by atoms with E-state index in [2.05, 4.69) is 20.3 Å². The Balaban J connectivity index is 0.00000189. The SMILES string of the molecule is CC.COc1ccc(Oc2ccc(Nc3ncnc4sc5c(c34)CCN(C(=O)/C=C/CN(C)C)CC5)cc2C)cn1. The number of benzene rings is 1. The number of carbonyl (C=O) groups excluding carboxylic acids is 1. The van der Waals surface area contributed by atoms with Gasteiger partial charge in [-0.2, -0.15) is 0 Å². The number of pyridine rings is 1. The van der Waals surface area contributed by atoms with Crippen LogP contribution in [0.25, 0.3) is 10.2 Å². The maximum Gasteiger partial charge on any atom is 0.246 e. The molecule has 10 heteroatoms. The molecule has 0 atom stereocenters. The van der Waals surface area contributed by atoms with E-state index in [0.29, 0.717) is 24.7 Å². The number of thiophene rings is 1. The summed E-state index contributed by atoms with van der Waals surface area (Å²) in [7, 11) is 5.56. The molecule has 0 unspecified atom stereocenters. The molecule has 0 spiro atoms. The van der Waals surface area contributed by atoms with Crippen LogP contribution in [0, 0.1) is 6.92 Å². The lowest BCUT2D eigenvalue weighted by Gasteiger charge is -2.18. The molecule has 4 heterocycles. The van der Waals surface area contributed by atoms with Gasteiger partial charge in [-0.15, -0.1) is 11.3 Å². The molecule has 0 saturated heterocycles. The van der Waals surface area contributed by atoms with Crippen molar-refractivity contribution in [1.82, 2.24) is 24.8 Å². The molecular formula is C31H38N6O3S. The Kier molecular flexibility index (Phi) is 10.3. The molecule has 9 nitrogen and oxygen atoms in total. The van der Waals surface area contributed by atoms with Crippen molar-refractivity contribution in [1.29, 1.82) is 0 Å². The van der Waals surface area contributed by atoms with Gasteiger partial charge in [-0.05, 0) is 69.3 Å². The van der Waals surface area contributed by atoms with Gasteiger partial charge in [0.15, 0.2) is 0 Å². The van der Waals surface area contributed by atoms with Gasteiger partial charge in [-0.1, -0.05) is 19.9 Å². The number of likely N-dealkylation sites (N-methyl/N-ethyl adjacent to an activating group) is 1. The average molecular weight is 575 g/mol. The van der Waals surface area contributed by atoms with Gasteiger partial charge in [0.2, 0.25) is 11.8 Å². The Morgan fingerprint density at radius 2 is 1.93 bits per heavy atom. The molecule has 1 N–H and O–H groups in total. The molecule has 216 valence electrons. The highest BCUT2D eigenvalue weighted by molar-refractivity contribution is 7.19. The first-order valence-electron chi connectivity index (χ1n) is 13.8. The van der Waals surface area contributed by atoms with Crippen LogP contribution in [-0.4, -0.2) is 71.5 Å². The molecule has 4 aromatic rings. The highest BCUT2D eigenvalue weighted by atomic mass is 32.1. The number of fused-ring (bicyclic) bond motifs is 3. The fourth-order valence-electron chi connectivity index (χ4n) is 4.54. The summed E-state index contributed by atoms with van der Waals surface area (Å²) < 4.78 is 11.1. The van der Waals surface area contributed by atoms with Crippen LogP contribution in [0.5, 0.6) is 17.4 Å². The van der Waals surface area contributed by atoms with Crippen LogP contribution in [-0.2, 0) is 17.6 Å². The quantitative estimate of drug-likeness (QED) is 0.256. The zero-order valence-corrected chi connectivity index (χ0v) is 25.4. The molecule has 1 aliphatic heterocycles. The first-order chi connectivity index (χ1) is 19.9. The Morgan fingerprint density at radius 3 is 2.63 bits per heavy atom. The number of nitrogens with zero attached hydrogens (tertiary/aromatic N) is 5. The van der Waals surface area contributed by atoms with Crippen LogP contribution >= 0.6 is 11.3 Å². The second kappa shape index (κ2) is 14.0. The van der Waals surface area contributed by atoms with Gasteiger partial charge in [-0.25, -0.2) is 15.0 Å². The zero-order chi connectivity index (χ0) is 29.4. The smallest absolute Gasteiger partial charge is 0.246 e. The number of aromatic nitrogens is 3. The number of carbonyl (C=O) groups is 1. The van der Waals surface area contributed by atoms with Crippen LogP contribution in [0.4, 0.5) is 11.5 Å². The molecule has 0 fully saturated rings. The summed E-state index contributed by atoms with van der Waals surface area (Å²) in [5.74, 6) is 2.76. The minimum atomic E-state index is 0.0640. The number of methoxy groups -OCH3 is 1. The summed E-state index contributed by atoms with van der Waals surface area (Å²) in [5.41, 5.74) is 3.11. The lowest BCUT2D eigenvalue weighted by Crippen LogP contribution is -2.32. The first kappa shape index (κ1) is 30.0. The Bertz CT molecular complexity index is 1500. The Morgan fingerprint density at radius 1 is 1.12 bits per heavy atom. The van der Waals surface area contributed by atoms with Crippen LogP contribution in [0.15, 0.2) is 55.0 Å². The topological polar surface area (TPSA) is 92.7 Å². The third kappa shape index (κ3) is 7.39. The first-order valence-corrected chi connectivity index (χ1v) is 14.6. The fraction of sp³-hybridized carbons (Fsp3) is 0.355. The summed E-state index contributed by atoms with van der Waals surface area (Å²) in [6, 6.07) is 9.53. The van der Waals surface area contributed by atoms with E-state index in [1.807, 2.05) is 75.0 Å². The number of rotatable bonds is 8. The molecular weight excluding hydrogens is 536 g/mol. The lowest BCUT2D eigenvalue weighted by atomic mass is 10.1. The minimum Gasteiger partial charge on any atom is -0.481 e. The molecule has 0 radical (unpaired) electrons. The van der Waals surface area contributed by atoms with Crippen LogP contribution in [0.2, 0.25) is 0 Å². The predicted molar refractivity (Wildman–Crippen MR) is 166 cm³/mol. The molecule has 1 aromatic carbocycles. The lowest BCUT2D eigenvalue weighted by molar-refractivity contribution is -0.125. The fourth-order valence-corrected chi connectivity index (χ4v) is 5.71. The van der Waals surface area contributed by atoms with Crippen molar-refractivity contribution in [2.75, 3.05) is 46.2 Å². The third-order valence-electron chi connectivity index (χ3n) is 6.54. The van der Waals surface area contributed by atoms with Crippen molar-refractivity contribution in [3.63, 3.8) is 0 Å². The summed E-state index contributed by atoms with van der Waals surface area (Å²) in [4.78, 5) is 32.3. The van der Waals surface area contributed by atoms with Gasteiger partial charge >= 0.3 is 0 Å². The van der Waals surface area contributed by atoms with Gasteiger partial charge in [-0.3, -0.25) is 4.79 Å². The standard InChI is InChI=1S/C29H32N6O3S.C2H6/c1-19-16-20(7-9-23(19)38-21-8-10-25(37-4)30-17-21)33-28-27-22-11-14-35(26(36)6-5-13-34(2)3)15-12-24(22)39-29(27)32-18-31-28;1-2/h5-10,16-18H,11-15H2,1-4H3,(H,31,32,33);1-2H3/b6-5+;. The predicted octanol–water partition coefficient (Wildman–Crippen LogP) is 6.01. The molecule has 0 saturated carbocycles. The number of nitrogens with one attached hydrogen (secondary N) is 1.